The molecule has 0 unspecified atom stereocenters. The smallest absolute Gasteiger partial charge is 0.253 e. The lowest BCUT2D eigenvalue weighted by Crippen LogP contribution is -2.48. The molecule has 4 rings (SSSR count). The van der Waals surface area contributed by atoms with Crippen LogP contribution in [0.2, 0.25) is 5.02 Å². The van der Waals surface area contributed by atoms with Gasteiger partial charge in [-0.15, -0.1) is 0 Å². The molecule has 6 heteroatoms. The van der Waals surface area contributed by atoms with Gasteiger partial charge in [-0.2, -0.15) is 0 Å². The third-order valence-electron chi connectivity index (χ3n) is 5.37. The SMILES string of the molecule is O=C(c1ccc(COc2ccc(Cl)cc2)cc1)N1CCN(Cc2cccc(F)c2)CC1. The number of halogens is 2. The fraction of sp³-hybridized carbons (Fsp3) is 0.240. The molecule has 0 atom stereocenters. The summed E-state index contributed by atoms with van der Waals surface area (Å²) in [6, 6.07) is 21.4. The first-order valence-electron chi connectivity index (χ1n) is 10.3. The van der Waals surface area contributed by atoms with E-state index in [-0.39, 0.29) is 11.7 Å². The summed E-state index contributed by atoms with van der Waals surface area (Å²) >= 11 is 5.88. The average molecular weight is 439 g/mol. The molecule has 0 aliphatic carbocycles. The molecular formula is C25H24ClFN2O2. The van der Waals surface area contributed by atoms with E-state index in [0.717, 1.165) is 30.0 Å². The number of nitrogens with zero attached hydrogens (tertiary/aromatic N) is 2. The third-order valence-corrected chi connectivity index (χ3v) is 5.63. The van der Waals surface area contributed by atoms with E-state index in [2.05, 4.69) is 4.90 Å². The van der Waals surface area contributed by atoms with Gasteiger partial charge in [-0.1, -0.05) is 35.9 Å². The van der Waals surface area contributed by atoms with Crippen molar-refractivity contribution < 1.29 is 13.9 Å². The van der Waals surface area contributed by atoms with Crippen molar-refractivity contribution in [1.29, 1.82) is 0 Å². The molecule has 1 amide bonds. The highest BCUT2D eigenvalue weighted by atomic mass is 35.5. The van der Waals surface area contributed by atoms with Gasteiger partial charge in [0.2, 0.25) is 0 Å². The van der Waals surface area contributed by atoms with E-state index in [1.54, 1.807) is 24.3 Å². The number of amides is 1. The Bertz CT molecular complexity index is 1020. The molecule has 3 aromatic rings. The number of ether oxygens (including phenoxy) is 1. The maximum absolute atomic E-state index is 13.4. The van der Waals surface area contributed by atoms with Gasteiger partial charge in [0.25, 0.3) is 5.91 Å². The standard InChI is InChI=1S/C25H24ClFN2O2/c26-22-8-10-24(11-9-22)31-18-19-4-6-21(7-5-19)25(30)29-14-12-28(13-15-29)17-20-2-1-3-23(27)16-20/h1-11,16H,12-15,17-18H2. The Hall–Kier alpha value is -2.89. The molecule has 0 radical (unpaired) electrons. The van der Waals surface area contributed by atoms with E-state index >= 15 is 0 Å². The highest BCUT2D eigenvalue weighted by molar-refractivity contribution is 6.30. The van der Waals surface area contributed by atoms with Gasteiger partial charge in [-0.3, -0.25) is 9.69 Å². The largest absolute Gasteiger partial charge is 0.489 e. The molecule has 1 aliphatic rings. The maximum Gasteiger partial charge on any atom is 0.253 e. The topological polar surface area (TPSA) is 32.8 Å². The number of hydrogen-bond acceptors (Lipinski definition) is 3. The van der Waals surface area contributed by atoms with Crippen LogP contribution in [0.4, 0.5) is 4.39 Å². The van der Waals surface area contributed by atoms with Crippen molar-refractivity contribution >= 4 is 17.5 Å². The van der Waals surface area contributed by atoms with E-state index < -0.39 is 0 Å². The zero-order chi connectivity index (χ0) is 21.6. The van der Waals surface area contributed by atoms with Crippen LogP contribution in [0.5, 0.6) is 5.75 Å². The minimum absolute atomic E-state index is 0.0376. The molecule has 0 bridgehead atoms. The van der Waals surface area contributed by atoms with Crippen LogP contribution in [0, 0.1) is 5.82 Å². The Morgan fingerprint density at radius 3 is 2.29 bits per heavy atom. The fourth-order valence-electron chi connectivity index (χ4n) is 3.63. The van der Waals surface area contributed by atoms with E-state index in [1.807, 2.05) is 47.4 Å². The van der Waals surface area contributed by atoms with Crippen molar-refractivity contribution in [2.75, 3.05) is 26.2 Å². The second kappa shape index (κ2) is 9.94. The summed E-state index contributed by atoms with van der Waals surface area (Å²) in [6.07, 6.45) is 0. The lowest BCUT2D eigenvalue weighted by Gasteiger charge is -2.34. The fourth-order valence-corrected chi connectivity index (χ4v) is 3.75. The second-order valence-corrected chi connectivity index (χ2v) is 8.07. The van der Waals surface area contributed by atoms with Crippen molar-refractivity contribution in [3.63, 3.8) is 0 Å². The zero-order valence-corrected chi connectivity index (χ0v) is 17.9. The van der Waals surface area contributed by atoms with Crippen molar-refractivity contribution in [3.05, 3.63) is 100 Å². The van der Waals surface area contributed by atoms with Gasteiger partial charge in [0.05, 0.1) is 0 Å². The zero-order valence-electron chi connectivity index (χ0n) is 17.1. The summed E-state index contributed by atoms with van der Waals surface area (Å²) in [5.41, 5.74) is 2.62. The predicted octanol–water partition coefficient (Wildman–Crippen LogP) is 5.02. The minimum atomic E-state index is -0.215. The summed E-state index contributed by atoms with van der Waals surface area (Å²) in [4.78, 5) is 17.0. The van der Waals surface area contributed by atoms with Gasteiger partial charge in [0, 0.05) is 43.3 Å². The Kier molecular flexibility index (Phi) is 6.85. The van der Waals surface area contributed by atoms with Crippen LogP contribution in [0.15, 0.2) is 72.8 Å². The van der Waals surface area contributed by atoms with E-state index in [0.29, 0.717) is 36.8 Å². The average Bonchev–Trinajstić information content (AvgIpc) is 2.79. The monoisotopic (exact) mass is 438 g/mol. The minimum Gasteiger partial charge on any atom is -0.489 e. The second-order valence-electron chi connectivity index (χ2n) is 7.64. The van der Waals surface area contributed by atoms with Crippen LogP contribution in [0.1, 0.15) is 21.5 Å². The number of carbonyl (C=O) groups excluding carboxylic acids is 1. The first-order chi connectivity index (χ1) is 15.1. The summed E-state index contributed by atoms with van der Waals surface area (Å²) in [5.74, 6) is 0.574. The summed E-state index contributed by atoms with van der Waals surface area (Å²) in [7, 11) is 0. The summed E-state index contributed by atoms with van der Waals surface area (Å²) < 4.78 is 19.1. The molecule has 0 aromatic heterocycles. The quantitative estimate of drug-likeness (QED) is 0.542. The van der Waals surface area contributed by atoms with Gasteiger partial charge in [0.15, 0.2) is 0 Å². The first kappa shape index (κ1) is 21.3. The summed E-state index contributed by atoms with van der Waals surface area (Å²) in [6.45, 7) is 3.99. The number of benzene rings is 3. The number of carbonyl (C=O) groups is 1. The lowest BCUT2D eigenvalue weighted by atomic mass is 10.1. The van der Waals surface area contributed by atoms with Crippen LogP contribution in [0.3, 0.4) is 0 Å². The molecule has 4 nitrogen and oxygen atoms in total. The van der Waals surface area contributed by atoms with Crippen molar-refractivity contribution in [1.82, 2.24) is 9.80 Å². The van der Waals surface area contributed by atoms with Gasteiger partial charge >= 0.3 is 0 Å². The highest BCUT2D eigenvalue weighted by Gasteiger charge is 2.22. The number of rotatable bonds is 6. The van der Waals surface area contributed by atoms with Gasteiger partial charge in [-0.25, -0.2) is 4.39 Å². The van der Waals surface area contributed by atoms with E-state index in [4.69, 9.17) is 16.3 Å². The lowest BCUT2D eigenvalue weighted by molar-refractivity contribution is 0.0628. The van der Waals surface area contributed by atoms with Gasteiger partial charge in [0.1, 0.15) is 18.2 Å². The summed E-state index contributed by atoms with van der Waals surface area (Å²) in [5, 5.41) is 0.671. The number of piperazine rings is 1. The third kappa shape index (κ3) is 5.84. The molecule has 0 saturated carbocycles. The van der Waals surface area contributed by atoms with Crippen LogP contribution in [-0.4, -0.2) is 41.9 Å². The van der Waals surface area contributed by atoms with Crippen LogP contribution >= 0.6 is 11.6 Å². The Balaban J connectivity index is 1.27. The molecule has 1 heterocycles. The van der Waals surface area contributed by atoms with Gasteiger partial charge in [-0.05, 0) is 59.7 Å². The van der Waals surface area contributed by atoms with E-state index in [1.165, 1.54) is 6.07 Å². The predicted molar refractivity (Wildman–Crippen MR) is 120 cm³/mol. The molecule has 1 aliphatic heterocycles. The molecule has 31 heavy (non-hydrogen) atoms. The van der Waals surface area contributed by atoms with Crippen LogP contribution in [-0.2, 0) is 13.2 Å². The molecule has 1 fully saturated rings. The van der Waals surface area contributed by atoms with Crippen molar-refractivity contribution in [2.45, 2.75) is 13.2 Å². The maximum atomic E-state index is 13.4. The van der Waals surface area contributed by atoms with Crippen molar-refractivity contribution in [3.8, 4) is 5.75 Å². The molecule has 3 aromatic carbocycles. The first-order valence-corrected chi connectivity index (χ1v) is 10.7. The van der Waals surface area contributed by atoms with E-state index in [9.17, 15) is 9.18 Å². The molecular weight excluding hydrogens is 415 g/mol. The normalized spacial score (nSPS) is 14.5. The number of hydrogen-bond donors (Lipinski definition) is 0. The molecule has 0 N–H and O–H groups in total. The molecule has 1 saturated heterocycles. The Morgan fingerprint density at radius 2 is 1.61 bits per heavy atom. The molecule has 0 spiro atoms. The van der Waals surface area contributed by atoms with Crippen molar-refractivity contribution in [2.24, 2.45) is 0 Å². The Morgan fingerprint density at radius 1 is 0.903 bits per heavy atom. The van der Waals surface area contributed by atoms with Crippen LogP contribution in [0.25, 0.3) is 0 Å². The van der Waals surface area contributed by atoms with Crippen LogP contribution < -0.4 is 4.74 Å². The molecule has 160 valence electrons. The highest BCUT2D eigenvalue weighted by Crippen LogP contribution is 2.18. The Labute approximate surface area is 186 Å². The van der Waals surface area contributed by atoms with Gasteiger partial charge < -0.3 is 9.64 Å².